The van der Waals surface area contributed by atoms with E-state index in [0.29, 0.717) is 11.3 Å². The molecule has 0 radical (unpaired) electrons. The molecule has 2 heterocycles. The molecule has 2 aromatic heterocycles. The molecule has 0 saturated heterocycles. The normalized spacial score (nSPS) is 19.7. The first-order valence-corrected chi connectivity index (χ1v) is 16.6. The van der Waals surface area contributed by atoms with Crippen LogP contribution in [0.3, 0.4) is 0 Å². The number of hydrogen-bond acceptors (Lipinski definition) is 4. The summed E-state index contributed by atoms with van der Waals surface area (Å²) in [4.78, 5) is 13.0. The first-order chi connectivity index (χ1) is 41.0. The lowest BCUT2D eigenvalue weighted by molar-refractivity contribution is 1.07. The Kier molecular flexibility index (Phi) is 3.35. The number of rotatable bonds is 7. The fraction of sp³-hybridized carbons (Fsp3) is 0. The summed E-state index contributed by atoms with van der Waals surface area (Å²) in [5.74, 6) is -3.02. The molecule has 0 fully saturated rings. The van der Waals surface area contributed by atoms with Crippen LogP contribution in [0.4, 0.5) is 0 Å². The summed E-state index contributed by atoms with van der Waals surface area (Å²) < 4.78 is 291. The van der Waals surface area contributed by atoms with E-state index in [2.05, 4.69) is 15.0 Å². The van der Waals surface area contributed by atoms with Gasteiger partial charge in [0.15, 0.2) is 17.5 Å². The topological polar surface area (TPSA) is 38.7 Å². The fourth-order valence-electron chi connectivity index (χ4n) is 5.32. The van der Waals surface area contributed by atoms with E-state index in [-0.39, 0.29) is 9.40 Å². The van der Waals surface area contributed by atoms with Crippen molar-refractivity contribution in [3.63, 3.8) is 0 Å². The van der Waals surface area contributed by atoms with Crippen LogP contribution in [0.1, 0.15) is 45.2 Å². The molecule has 258 valence electrons. The van der Waals surface area contributed by atoms with Crippen molar-refractivity contribution < 1.29 is 45.2 Å². The van der Waals surface area contributed by atoms with Crippen LogP contribution in [0, 0.1) is 0 Å². The Morgan fingerprint density at radius 3 is 1.13 bits per heavy atom. The molecule has 55 heavy (non-hydrogen) atoms. The molecule has 0 aliphatic rings. The summed E-state index contributed by atoms with van der Waals surface area (Å²) in [6, 6.07) is -31.4. The smallest absolute Gasteiger partial charge is 0.164 e. The average molecular weight is 753 g/mol. The Balaban J connectivity index is 1.34. The Labute approximate surface area is 370 Å². The highest BCUT2D eigenvalue weighted by Crippen LogP contribution is 2.44. The lowest BCUT2D eigenvalue weighted by Crippen LogP contribution is -2.00. The summed E-state index contributed by atoms with van der Waals surface area (Å²) in [5.41, 5.74) is -8.51. The second kappa shape index (κ2) is 14.1. The van der Waals surface area contributed by atoms with Gasteiger partial charge in [0.2, 0.25) is 0 Å². The summed E-state index contributed by atoms with van der Waals surface area (Å²) in [5, 5.41) is -0.827. The zero-order valence-electron chi connectivity index (χ0n) is 60.2. The molecule has 0 bridgehead atoms. The quantitative estimate of drug-likeness (QED) is 0.163. The van der Waals surface area contributed by atoms with Crippen molar-refractivity contribution in [1.82, 2.24) is 15.0 Å². The predicted octanol–water partition coefficient (Wildman–Crippen LogP) is 13.9. The SMILES string of the molecule is [2H]c1c([2H])c([2H])c(-c2c([2H])c([2H])c(-c3nc(-c4c([2H])c([2H])c(-c5c([2H])c([2H])c([2H])c([2H])c5[2H])c([2H])c4[2H])nc(-c4c([2H])c([2H])c([2H])c(-c5c([2H])c([2H])c([2H])c6c5sc5c(-c7c([2H])c([2H])c([2H])c([2H])c7[2H])c([2H])c([2H])c([2H])c56)c4[2H])n3)c([2H])c2[2H])c([2H])c1[2H]. The molecule has 0 unspecified atom stereocenters. The zero-order valence-corrected chi connectivity index (χ0v) is 28.1. The van der Waals surface area contributed by atoms with Crippen LogP contribution in [0.2, 0.25) is 0 Å². The number of nitrogens with zero attached hydrogens (tertiary/aromatic N) is 3. The molecular weight excluding hydrogens is 687 g/mol. The third-order valence-electron chi connectivity index (χ3n) is 7.79. The highest BCUT2D eigenvalue weighted by Gasteiger charge is 2.17. The van der Waals surface area contributed by atoms with E-state index in [4.69, 9.17) is 32.9 Å². The zero-order chi connectivity index (χ0) is 65.3. The van der Waals surface area contributed by atoms with Gasteiger partial charge in [-0.3, -0.25) is 0 Å². The van der Waals surface area contributed by atoms with Gasteiger partial charge in [0.1, 0.15) is 0 Å². The van der Waals surface area contributed by atoms with Crippen LogP contribution in [-0.2, 0) is 0 Å². The van der Waals surface area contributed by atoms with Gasteiger partial charge in [-0.15, -0.1) is 11.3 Å². The molecule has 0 atom stereocenters. The highest BCUT2D eigenvalue weighted by molar-refractivity contribution is 7.26. The minimum Gasteiger partial charge on any atom is -0.208 e. The van der Waals surface area contributed by atoms with E-state index in [1.807, 2.05) is 0 Å². The fourth-order valence-corrected chi connectivity index (χ4v) is 6.54. The van der Waals surface area contributed by atoms with Gasteiger partial charge in [-0.25, -0.2) is 15.0 Å². The van der Waals surface area contributed by atoms with Crippen molar-refractivity contribution in [2.75, 3.05) is 0 Å². The predicted molar refractivity (Wildman–Crippen MR) is 231 cm³/mol. The van der Waals surface area contributed by atoms with Gasteiger partial charge < -0.3 is 0 Å². The molecule has 0 N–H and O–H groups in total. The monoisotopic (exact) mass is 752 g/mol. The molecule has 8 aromatic carbocycles. The van der Waals surface area contributed by atoms with Crippen molar-refractivity contribution in [3.05, 3.63) is 199 Å². The maximum absolute atomic E-state index is 9.88. The van der Waals surface area contributed by atoms with E-state index < -0.39 is 289 Å². The van der Waals surface area contributed by atoms with E-state index in [9.17, 15) is 12.3 Å². The Morgan fingerprint density at radius 2 is 0.636 bits per heavy atom. The van der Waals surface area contributed by atoms with E-state index >= 15 is 0 Å². The first kappa shape index (κ1) is 13.1. The minimum atomic E-state index is -1.10. The van der Waals surface area contributed by atoms with Crippen LogP contribution >= 0.6 is 11.3 Å². The van der Waals surface area contributed by atoms with Gasteiger partial charge in [0.05, 0.1) is 45.2 Å². The van der Waals surface area contributed by atoms with Crippen LogP contribution in [0.15, 0.2) is 199 Å². The number of fused-ring (bicyclic) bond motifs is 3. The summed E-state index contributed by atoms with van der Waals surface area (Å²) >= 11 is 0.499. The number of aromatic nitrogens is 3. The molecule has 10 rings (SSSR count). The van der Waals surface area contributed by atoms with Gasteiger partial charge in [-0.05, 0) is 50.6 Å². The summed E-state index contributed by atoms with van der Waals surface area (Å²) in [6.07, 6.45) is 0. The maximum atomic E-state index is 9.88. The Morgan fingerprint density at radius 1 is 0.291 bits per heavy atom. The van der Waals surface area contributed by atoms with Crippen LogP contribution in [0.5, 0.6) is 0 Å². The first-order valence-electron chi connectivity index (χ1n) is 32.2. The maximum Gasteiger partial charge on any atom is 0.164 e. The summed E-state index contributed by atoms with van der Waals surface area (Å²) in [6.45, 7) is 0. The second-order valence-electron chi connectivity index (χ2n) is 11.1. The van der Waals surface area contributed by atoms with Gasteiger partial charge in [-0.2, -0.15) is 0 Å². The third-order valence-corrected chi connectivity index (χ3v) is 9.02. The Bertz CT molecular complexity index is 4610. The van der Waals surface area contributed by atoms with Gasteiger partial charge in [0, 0.05) is 36.9 Å². The van der Waals surface area contributed by atoms with E-state index in [0.717, 1.165) is 0 Å². The van der Waals surface area contributed by atoms with Crippen molar-refractivity contribution in [2.24, 2.45) is 0 Å². The summed E-state index contributed by atoms with van der Waals surface area (Å²) in [7, 11) is 0. The van der Waals surface area contributed by atoms with Crippen LogP contribution in [0.25, 0.3) is 98.8 Å². The number of benzene rings is 8. The molecule has 0 saturated carbocycles. The largest absolute Gasteiger partial charge is 0.208 e. The third kappa shape index (κ3) is 6.29. The molecule has 10 aromatic rings. The molecule has 4 heteroatoms. The molecule has 3 nitrogen and oxygen atoms in total. The molecule has 0 spiro atoms. The average Bonchev–Trinajstić information content (AvgIpc) is 1.52. The lowest BCUT2D eigenvalue weighted by Gasteiger charge is -2.11. The van der Waals surface area contributed by atoms with Crippen molar-refractivity contribution >= 4 is 31.5 Å². The van der Waals surface area contributed by atoms with Gasteiger partial charge in [0.25, 0.3) is 0 Å². The van der Waals surface area contributed by atoms with Crippen molar-refractivity contribution in [3.8, 4) is 78.7 Å². The molecule has 0 aliphatic heterocycles. The molecule has 0 aliphatic carbocycles. The van der Waals surface area contributed by atoms with E-state index in [1.54, 1.807) is 0 Å². The lowest BCUT2D eigenvalue weighted by atomic mass is 9.99. The van der Waals surface area contributed by atoms with Gasteiger partial charge >= 0.3 is 0 Å². The van der Waals surface area contributed by atoms with E-state index in [1.165, 1.54) is 0 Å². The minimum absolute atomic E-state index is 0.289. The molecular formula is C51H33N3S. The number of thiophene rings is 1. The standard InChI is InChI=1S/C51H33N3S/c1-4-13-34(14-5-1)36-25-29-39(30-26-36)49-52-50(40-31-27-37(28-32-40)35-15-6-2-7-16-35)54-51(53-49)42-20-10-19-41(33-42)44-22-12-24-46-45-23-11-21-43(47(45)55-48(44)46)38-17-8-3-9-18-38/h1-33H/i1D,2D,3D,4D,5D,6D,7D,8D,9D,10D,11D,12D,13D,14D,15D,16D,17D,18D,19D,20D,21D,22D,23D,24D,25D,26D,27D,28D,29D,30D,31D,32D,33D. The molecule has 0 amide bonds. The van der Waals surface area contributed by atoms with Crippen molar-refractivity contribution in [1.29, 1.82) is 0 Å². The van der Waals surface area contributed by atoms with Gasteiger partial charge in [-0.1, -0.05) is 193 Å². The van der Waals surface area contributed by atoms with Crippen molar-refractivity contribution in [2.45, 2.75) is 0 Å². The van der Waals surface area contributed by atoms with Crippen LogP contribution in [-0.4, -0.2) is 15.0 Å². The Hall–Kier alpha value is -7.01. The highest BCUT2D eigenvalue weighted by atomic mass is 32.1. The second-order valence-corrected chi connectivity index (χ2v) is 12.1. The number of hydrogen-bond donors (Lipinski definition) is 0. The van der Waals surface area contributed by atoms with Crippen LogP contribution < -0.4 is 0 Å².